The topological polar surface area (TPSA) is 29.5 Å². The van der Waals surface area contributed by atoms with E-state index in [0.717, 1.165) is 30.9 Å². The van der Waals surface area contributed by atoms with Gasteiger partial charge in [0, 0.05) is 6.61 Å². The first kappa shape index (κ1) is 11.2. The molecular weight excluding hydrogens is 212 g/mol. The van der Waals surface area contributed by atoms with E-state index >= 15 is 0 Å². The third kappa shape index (κ3) is 2.24. The van der Waals surface area contributed by atoms with Gasteiger partial charge in [0.05, 0.1) is 6.10 Å². The smallest absolute Gasteiger partial charge is 0.105 e. The Labute approximate surface area is 103 Å². The van der Waals surface area contributed by atoms with Crippen molar-refractivity contribution >= 4 is 0 Å². The van der Waals surface area contributed by atoms with E-state index in [0.29, 0.717) is 0 Å². The number of rotatable bonds is 3. The fourth-order valence-corrected chi connectivity index (χ4v) is 2.80. The maximum atomic E-state index is 10.3. The van der Waals surface area contributed by atoms with Crippen molar-refractivity contribution < 1.29 is 9.84 Å². The highest BCUT2D eigenvalue weighted by molar-refractivity contribution is 5.29. The van der Waals surface area contributed by atoms with Gasteiger partial charge in [-0.3, -0.25) is 0 Å². The van der Waals surface area contributed by atoms with Gasteiger partial charge in [0.25, 0.3) is 0 Å². The highest BCUT2D eigenvalue weighted by Gasteiger charge is 2.26. The minimum absolute atomic E-state index is 0.00615. The lowest BCUT2D eigenvalue weighted by Crippen LogP contribution is -2.17. The van der Waals surface area contributed by atoms with E-state index < -0.39 is 6.10 Å². The molecule has 0 bridgehead atoms. The lowest BCUT2D eigenvalue weighted by atomic mass is 9.79. The fraction of sp³-hybridized carbons (Fsp3) is 0.600. The third-order valence-electron chi connectivity index (χ3n) is 4.15. The Morgan fingerprint density at radius 1 is 1.18 bits per heavy atom. The van der Waals surface area contributed by atoms with Crippen molar-refractivity contribution in [3.05, 3.63) is 35.4 Å². The molecule has 1 aromatic carbocycles. The van der Waals surface area contributed by atoms with Crippen LogP contribution in [-0.2, 0) is 4.74 Å². The Balaban J connectivity index is 1.76. The number of hydrogen-bond donors (Lipinski definition) is 1. The second-order valence-corrected chi connectivity index (χ2v) is 5.29. The number of ether oxygens (including phenoxy) is 1. The molecular formula is C15H20O2. The highest BCUT2D eigenvalue weighted by atomic mass is 16.5. The van der Waals surface area contributed by atoms with Crippen LogP contribution in [0.5, 0.6) is 0 Å². The Morgan fingerprint density at radius 3 is 2.71 bits per heavy atom. The molecule has 92 valence electrons. The molecule has 2 atom stereocenters. The summed E-state index contributed by atoms with van der Waals surface area (Å²) in [6, 6.07) is 8.46. The minimum Gasteiger partial charge on any atom is -0.386 e. The van der Waals surface area contributed by atoms with E-state index in [1.807, 2.05) is 6.07 Å². The number of benzene rings is 1. The number of aliphatic hydroxyl groups excluding tert-OH is 1. The van der Waals surface area contributed by atoms with Crippen LogP contribution >= 0.6 is 0 Å². The predicted octanol–water partition coefficient (Wildman–Crippen LogP) is 3.17. The van der Waals surface area contributed by atoms with E-state index in [2.05, 4.69) is 18.2 Å². The van der Waals surface area contributed by atoms with E-state index in [-0.39, 0.29) is 6.10 Å². The lowest BCUT2D eigenvalue weighted by molar-refractivity contribution is -0.00264. The normalized spacial score (nSPS) is 26.8. The Kier molecular flexibility index (Phi) is 3.17. The molecule has 2 aliphatic rings. The second kappa shape index (κ2) is 4.79. The SMILES string of the molecule is OC(c1cccc(C2CCC2)c1)C1CCCO1. The molecule has 2 heteroatoms. The van der Waals surface area contributed by atoms with E-state index in [1.54, 1.807) is 0 Å². The minimum atomic E-state index is -0.447. The van der Waals surface area contributed by atoms with Gasteiger partial charge in [0.1, 0.15) is 6.10 Å². The lowest BCUT2D eigenvalue weighted by Gasteiger charge is -2.27. The summed E-state index contributed by atoms with van der Waals surface area (Å²) in [6.45, 7) is 0.796. The summed E-state index contributed by atoms with van der Waals surface area (Å²) in [5.74, 6) is 0.728. The van der Waals surface area contributed by atoms with Crippen LogP contribution in [0.3, 0.4) is 0 Å². The molecule has 0 spiro atoms. The van der Waals surface area contributed by atoms with Gasteiger partial charge in [-0.1, -0.05) is 30.7 Å². The summed E-state index contributed by atoms with van der Waals surface area (Å²) in [6.07, 6.45) is 5.57. The van der Waals surface area contributed by atoms with Crippen molar-refractivity contribution in [2.45, 2.75) is 50.2 Å². The predicted molar refractivity (Wildman–Crippen MR) is 67.0 cm³/mol. The first-order valence-corrected chi connectivity index (χ1v) is 6.74. The summed E-state index contributed by atoms with van der Waals surface area (Å²) < 4.78 is 5.56. The zero-order valence-corrected chi connectivity index (χ0v) is 10.1. The summed E-state index contributed by atoms with van der Waals surface area (Å²) in [4.78, 5) is 0. The molecule has 1 N–H and O–H groups in total. The van der Waals surface area contributed by atoms with Crippen molar-refractivity contribution in [2.24, 2.45) is 0 Å². The molecule has 1 saturated heterocycles. The van der Waals surface area contributed by atoms with Gasteiger partial charge in [0.2, 0.25) is 0 Å². The van der Waals surface area contributed by atoms with Crippen LogP contribution in [0.4, 0.5) is 0 Å². The zero-order chi connectivity index (χ0) is 11.7. The maximum absolute atomic E-state index is 10.3. The van der Waals surface area contributed by atoms with Crippen molar-refractivity contribution in [2.75, 3.05) is 6.61 Å². The number of aliphatic hydroxyl groups is 1. The molecule has 2 unspecified atom stereocenters. The van der Waals surface area contributed by atoms with Crippen LogP contribution in [0.25, 0.3) is 0 Å². The van der Waals surface area contributed by atoms with Crippen LogP contribution in [0, 0.1) is 0 Å². The van der Waals surface area contributed by atoms with Gasteiger partial charge < -0.3 is 9.84 Å². The van der Waals surface area contributed by atoms with Crippen molar-refractivity contribution in [1.82, 2.24) is 0 Å². The molecule has 1 heterocycles. The van der Waals surface area contributed by atoms with Crippen LogP contribution in [0.15, 0.2) is 24.3 Å². The van der Waals surface area contributed by atoms with Crippen LogP contribution in [0.1, 0.15) is 55.3 Å². The van der Waals surface area contributed by atoms with Crippen LogP contribution in [-0.4, -0.2) is 17.8 Å². The molecule has 0 aromatic heterocycles. The Hall–Kier alpha value is -0.860. The fourth-order valence-electron chi connectivity index (χ4n) is 2.80. The molecule has 0 radical (unpaired) electrons. The van der Waals surface area contributed by atoms with Gasteiger partial charge in [0.15, 0.2) is 0 Å². The van der Waals surface area contributed by atoms with Crippen LogP contribution < -0.4 is 0 Å². The van der Waals surface area contributed by atoms with Crippen LogP contribution in [0.2, 0.25) is 0 Å². The van der Waals surface area contributed by atoms with Gasteiger partial charge >= 0.3 is 0 Å². The van der Waals surface area contributed by atoms with Crippen molar-refractivity contribution in [1.29, 1.82) is 0 Å². The van der Waals surface area contributed by atoms with Gasteiger partial charge in [-0.2, -0.15) is 0 Å². The van der Waals surface area contributed by atoms with Crippen molar-refractivity contribution in [3.63, 3.8) is 0 Å². The van der Waals surface area contributed by atoms with E-state index in [1.165, 1.54) is 24.8 Å². The molecule has 2 fully saturated rings. The monoisotopic (exact) mass is 232 g/mol. The summed E-state index contributed by atoms with van der Waals surface area (Å²) in [5.41, 5.74) is 2.42. The van der Waals surface area contributed by atoms with Gasteiger partial charge in [-0.25, -0.2) is 0 Å². The molecule has 0 amide bonds. The average molecular weight is 232 g/mol. The molecule has 1 aliphatic heterocycles. The first-order chi connectivity index (χ1) is 8.34. The Morgan fingerprint density at radius 2 is 2.06 bits per heavy atom. The van der Waals surface area contributed by atoms with Crippen molar-refractivity contribution in [3.8, 4) is 0 Å². The summed E-state index contributed by atoms with van der Waals surface area (Å²) in [5, 5.41) is 10.3. The van der Waals surface area contributed by atoms with E-state index in [9.17, 15) is 5.11 Å². The third-order valence-corrected chi connectivity index (χ3v) is 4.15. The second-order valence-electron chi connectivity index (χ2n) is 5.29. The molecule has 1 saturated carbocycles. The zero-order valence-electron chi connectivity index (χ0n) is 10.1. The first-order valence-electron chi connectivity index (χ1n) is 6.74. The average Bonchev–Trinajstić information content (AvgIpc) is 2.79. The molecule has 1 aliphatic carbocycles. The Bertz CT molecular complexity index is 378. The van der Waals surface area contributed by atoms with E-state index in [4.69, 9.17) is 4.74 Å². The van der Waals surface area contributed by atoms with Gasteiger partial charge in [-0.05, 0) is 42.7 Å². The molecule has 3 rings (SSSR count). The molecule has 1 aromatic rings. The maximum Gasteiger partial charge on any atom is 0.105 e. The quantitative estimate of drug-likeness (QED) is 0.867. The summed E-state index contributed by atoms with van der Waals surface area (Å²) >= 11 is 0. The van der Waals surface area contributed by atoms with Gasteiger partial charge in [-0.15, -0.1) is 0 Å². The molecule has 2 nitrogen and oxygen atoms in total. The largest absolute Gasteiger partial charge is 0.386 e. The number of hydrogen-bond acceptors (Lipinski definition) is 2. The highest BCUT2D eigenvalue weighted by Crippen LogP contribution is 2.37. The standard InChI is InChI=1S/C15H20O2/c16-15(14-8-3-9-17-14)13-7-2-6-12(10-13)11-4-1-5-11/h2,6-7,10-11,14-16H,1,3-5,8-9H2. The molecule has 17 heavy (non-hydrogen) atoms. The summed E-state index contributed by atoms with van der Waals surface area (Å²) in [7, 11) is 0.